The standard InChI is InChI=1S/C13H25N3O3S/c1-10(2)6-7-15(5)20(18,19)13-11(3)14-16(8-9-17)12(13)4/h10,17H,6-9H2,1-5H3. The Labute approximate surface area is 121 Å². The Morgan fingerprint density at radius 1 is 1.35 bits per heavy atom. The van der Waals surface area contributed by atoms with E-state index in [0.717, 1.165) is 6.42 Å². The van der Waals surface area contributed by atoms with Crippen molar-refractivity contribution in [3.8, 4) is 0 Å². The molecule has 0 spiro atoms. The summed E-state index contributed by atoms with van der Waals surface area (Å²) in [5, 5.41) is 13.2. The number of aromatic nitrogens is 2. The Bertz CT molecular complexity index is 549. The van der Waals surface area contributed by atoms with E-state index >= 15 is 0 Å². The van der Waals surface area contributed by atoms with Crippen LogP contribution < -0.4 is 0 Å². The minimum Gasteiger partial charge on any atom is -0.394 e. The molecule has 0 radical (unpaired) electrons. The van der Waals surface area contributed by atoms with Crippen molar-refractivity contribution in [2.45, 2.75) is 45.6 Å². The van der Waals surface area contributed by atoms with Crippen LogP contribution in [-0.2, 0) is 16.6 Å². The van der Waals surface area contributed by atoms with E-state index < -0.39 is 10.0 Å². The quantitative estimate of drug-likeness (QED) is 0.820. The molecule has 0 aliphatic heterocycles. The van der Waals surface area contributed by atoms with Crippen molar-refractivity contribution in [1.82, 2.24) is 14.1 Å². The fourth-order valence-corrected chi connectivity index (χ4v) is 3.63. The van der Waals surface area contributed by atoms with Crippen LogP contribution in [0.3, 0.4) is 0 Å². The van der Waals surface area contributed by atoms with Crippen LogP contribution in [0.25, 0.3) is 0 Å². The smallest absolute Gasteiger partial charge is 0.246 e. The third-order valence-electron chi connectivity index (χ3n) is 3.32. The molecular weight excluding hydrogens is 278 g/mol. The molecule has 1 heterocycles. The number of aryl methyl sites for hydroxylation is 1. The van der Waals surface area contributed by atoms with Crippen LogP contribution in [0.1, 0.15) is 31.7 Å². The molecule has 7 heteroatoms. The van der Waals surface area contributed by atoms with Crippen LogP contribution in [0.4, 0.5) is 0 Å². The summed E-state index contributed by atoms with van der Waals surface area (Å²) in [7, 11) is -1.93. The summed E-state index contributed by atoms with van der Waals surface area (Å²) < 4.78 is 28.2. The molecule has 0 saturated heterocycles. The molecule has 1 N–H and O–H groups in total. The summed E-state index contributed by atoms with van der Waals surface area (Å²) in [5.74, 6) is 0.451. The van der Waals surface area contributed by atoms with E-state index in [9.17, 15) is 8.42 Å². The third kappa shape index (κ3) is 3.59. The topological polar surface area (TPSA) is 75.4 Å². The number of rotatable bonds is 7. The second-order valence-corrected chi connectivity index (χ2v) is 7.44. The fourth-order valence-electron chi connectivity index (χ4n) is 2.08. The molecule has 0 aromatic carbocycles. The molecule has 0 aliphatic rings. The summed E-state index contributed by atoms with van der Waals surface area (Å²) in [5.41, 5.74) is 1.06. The van der Waals surface area contributed by atoms with Crippen LogP contribution in [-0.4, -0.2) is 47.8 Å². The molecule has 0 fully saturated rings. The van der Waals surface area contributed by atoms with Crippen molar-refractivity contribution in [2.24, 2.45) is 5.92 Å². The SMILES string of the molecule is Cc1nn(CCO)c(C)c1S(=O)(=O)N(C)CCC(C)C. The minimum absolute atomic E-state index is 0.0648. The van der Waals surface area contributed by atoms with Crippen LogP contribution in [0.5, 0.6) is 0 Å². The first-order valence-electron chi connectivity index (χ1n) is 6.83. The van der Waals surface area contributed by atoms with Gasteiger partial charge in [0.1, 0.15) is 4.90 Å². The Balaban J connectivity index is 3.09. The third-order valence-corrected chi connectivity index (χ3v) is 5.43. The summed E-state index contributed by atoms with van der Waals surface area (Å²) in [6.45, 7) is 8.27. The van der Waals surface area contributed by atoms with Gasteiger partial charge in [0.05, 0.1) is 24.5 Å². The van der Waals surface area contributed by atoms with Crippen LogP contribution >= 0.6 is 0 Å². The van der Waals surface area contributed by atoms with Gasteiger partial charge in [-0.25, -0.2) is 12.7 Å². The predicted octanol–water partition coefficient (Wildman–Crippen LogP) is 1.16. The van der Waals surface area contributed by atoms with Gasteiger partial charge in [0, 0.05) is 13.6 Å². The van der Waals surface area contributed by atoms with E-state index in [-0.39, 0.29) is 11.5 Å². The van der Waals surface area contributed by atoms with E-state index in [4.69, 9.17) is 5.11 Å². The van der Waals surface area contributed by atoms with Gasteiger partial charge in [-0.1, -0.05) is 13.8 Å². The van der Waals surface area contributed by atoms with E-state index in [1.807, 2.05) is 0 Å². The molecule has 6 nitrogen and oxygen atoms in total. The Morgan fingerprint density at radius 2 is 1.95 bits per heavy atom. The predicted molar refractivity (Wildman–Crippen MR) is 78.1 cm³/mol. The molecule has 0 atom stereocenters. The first-order chi connectivity index (χ1) is 9.21. The van der Waals surface area contributed by atoms with Crippen molar-refractivity contribution in [3.05, 3.63) is 11.4 Å². The molecule has 20 heavy (non-hydrogen) atoms. The maximum atomic E-state index is 12.6. The summed E-state index contributed by atoms with van der Waals surface area (Å²) in [6, 6.07) is 0. The largest absolute Gasteiger partial charge is 0.394 e. The molecule has 1 aromatic rings. The number of aliphatic hydroxyl groups excluding tert-OH is 1. The van der Waals surface area contributed by atoms with E-state index in [1.165, 1.54) is 4.31 Å². The van der Waals surface area contributed by atoms with Gasteiger partial charge in [-0.05, 0) is 26.2 Å². The van der Waals surface area contributed by atoms with Gasteiger partial charge in [0.15, 0.2) is 0 Å². The molecule has 0 aliphatic carbocycles. The lowest BCUT2D eigenvalue weighted by molar-refractivity contribution is 0.267. The van der Waals surface area contributed by atoms with Crippen LogP contribution in [0.15, 0.2) is 4.90 Å². The average molecular weight is 303 g/mol. The van der Waals surface area contributed by atoms with Gasteiger partial charge >= 0.3 is 0 Å². The highest BCUT2D eigenvalue weighted by molar-refractivity contribution is 7.89. The van der Waals surface area contributed by atoms with Gasteiger partial charge < -0.3 is 5.11 Å². The summed E-state index contributed by atoms with van der Waals surface area (Å²) in [4.78, 5) is 0.261. The molecule has 0 amide bonds. The average Bonchev–Trinajstić information content (AvgIpc) is 2.62. The summed E-state index contributed by atoms with van der Waals surface area (Å²) in [6.07, 6.45) is 0.818. The van der Waals surface area contributed by atoms with Crippen molar-refractivity contribution < 1.29 is 13.5 Å². The fraction of sp³-hybridized carbons (Fsp3) is 0.769. The van der Waals surface area contributed by atoms with Crippen molar-refractivity contribution in [3.63, 3.8) is 0 Å². The zero-order valence-electron chi connectivity index (χ0n) is 12.9. The number of aliphatic hydroxyl groups is 1. The highest BCUT2D eigenvalue weighted by Gasteiger charge is 2.28. The van der Waals surface area contributed by atoms with Crippen LogP contribution in [0, 0.1) is 19.8 Å². The monoisotopic (exact) mass is 303 g/mol. The van der Waals surface area contributed by atoms with Gasteiger partial charge in [0.2, 0.25) is 10.0 Å². The lowest BCUT2D eigenvalue weighted by atomic mass is 10.1. The first kappa shape index (κ1) is 17.1. The zero-order valence-corrected chi connectivity index (χ0v) is 13.7. The minimum atomic E-state index is -3.53. The normalized spacial score (nSPS) is 12.6. The molecule has 0 saturated carbocycles. The van der Waals surface area contributed by atoms with Gasteiger partial charge in [-0.15, -0.1) is 0 Å². The summed E-state index contributed by atoms with van der Waals surface area (Å²) >= 11 is 0. The van der Waals surface area contributed by atoms with E-state index in [0.29, 0.717) is 30.4 Å². The number of nitrogens with zero attached hydrogens (tertiary/aromatic N) is 3. The number of hydrogen-bond acceptors (Lipinski definition) is 4. The molecule has 1 aromatic heterocycles. The van der Waals surface area contributed by atoms with Gasteiger partial charge in [0.25, 0.3) is 0 Å². The van der Waals surface area contributed by atoms with Crippen molar-refractivity contribution in [1.29, 1.82) is 0 Å². The van der Waals surface area contributed by atoms with E-state index in [1.54, 1.807) is 25.6 Å². The molecule has 0 unspecified atom stereocenters. The van der Waals surface area contributed by atoms with Gasteiger partial charge in [-0.3, -0.25) is 4.68 Å². The Morgan fingerprint density at radius 3 is 2.45 bits per heavy atom. The highest BCUT2D eigenvalue weighted by atomic mass is 32.2. The van der Waals surface area contributed by atoms with Crippen molar-refractivity contribution >= 4 is 10.0 Å². The van der Waals surface area contributed by atoms with E-state index in [2.05, 4.69) is 18.9 Å². The lowest BCUT2D eigenvalue weighted by Gasteiger charge is -2.18. The lowest BCUT2D eigenvalue weighted by Crippen LogP contribution is -2.29. The Hall–Kier alpha value is -0.920. The van der Waals surface area contributed by atoms with Gasteiger partial charge in [-0.2, -0.15) is 5.10 Å². The molecular formula is C13H25N3O3S. The molecule has 1 rings (SSSR count). The maximum absolute atomic E-state index is 12.6. The second-order valence-electron chi connectivity index (χ2n) is 5.46. The first-order valence-corrected chi connectivity index (χ1v) is 8.27. The molecule has 116 valence electrons. The Kier molecular flexibility index (Phi) is 5.73. The zero-order chi connectivity index (χ0) is 15.5. The second kappa shape index (κ2) is 6.69. The maximum Gasteiger partial charge on any atom is 0.246 e. The van der Waals surface area contributed by atoms with Crippen LogP contribution in [0.2, 0.25) is 0 Å². The highest BCUT2D eigenvalue weighted by Crippen LogP contribution is 2.23. The molecule has 0 bridgehead atoms. The van der Waals surface area contributed by atoms with Crippen molar-refractivity contribution in [2.75, 3.05) is 20.2 Å². The number of hydrogen-bond donors (Lipinski definition) is 1. The number of sulfonamides is 1.